The van der Waals surface area contributed by atoms with Crippen molar-refractivity contribution in [2.24, 2.45) is 0 Å². The molecule has 0 aliphatic carbocycles. The fourth-order valence-corrected chi connectivity index (χ4v) is 10.0. The Labute approximate surface area is 501 Å². The second-order valence-electron chi connectivity index (χ2n) is 24.5. The summed E-state index contributed by atoms with van der Waals surface area (Å²) in [7, 11) is 5.97. The molecule has 0 amide bonds. The van der Waals surface area contributed by atoms with Crippen molar-refractivity contribution in [3.05, 3.63) is 60.8 Å². The number of hydrogen-bond acceptors (Lipinski definition) is 7. The van der Waals surface area contributed by atoms with Crippen molar-refractivity contribution < 1.29 is 42.9 Å². The van der Waals surface area contributed by atoms with E-state index >= 15 is 0 Å². The Bertz CT molecular complexity index is 1510. The first kappa shape index (κ1) is 78.0. The molecule has 81 heavy (non-hydrogen) atoms. The highest BCUT2D eigenvalue weighted by Gasteiger charge is 2.25. The fourth-order valence-electron chi connectivity index (χ4n) is 10.0. The number of hydrogen-bond donors (Lipinski definition) is 1. The number of carboxylic acid groups (broad SMARTS) is 1. The zero-order chi connectivity index (χ0) is 59.1. The number of aliphatic carboxylic acids is 1. The first-order valence-electron chi connectivity index (χ1n) is 34.5. The van der Waals surface area contributed by atoms with E-state index in [0.29, 0.717) is 23.9 Å². The molecule has 0 aromatic carbocycles. The largest absolute Gasteiger partial charge is 0.477 e. The Morgan fingerprint density at radius 3 is 1.05 bits per heavy atom. The summed E-state index contributed by atoms with van der Waals surface area (Å²) in [4.78, 5) is 37.4. The maximum atomic E-state index is 12.9. The highest BCUT2D eigenvalue weighted by Crippen LogP contribution is 2.18. The van der Waals surface area contributed by atoms with Crippen LogP contribution in [0.25, 0.3) is 0 Å². The Kier molecular flexibility index (Phi) is 60.7. The molecule has 0 saturated heterocycles. The summed E-state index contributed by atoms with van der Waals surface area (Å²) < 4.78 is 22.9. The van der Waals surface area contributed by atoms with Crippen LogP contribution in [0, 0.1) is 0 Å². The van der Waals surface area contributed by atoms with Gasteiger partial charge >= 0.3 is 17.9 Å². The summed E-state index contributed by atoms with van der Waals surface area (Å²) in [6.45, 7) is 4.76. The van der Waals surface area contributed by atoms with Crippen molar-refractivity contribution in [3.8, 4) is 0 Å². The summed E-state index contributed by atoms with van der Waals surface area (Å²) in [5, 5.41) is 9.71. The number of esters is 2. The van der Waals surface area contributed by atoms with E-state index in [4.69, 9.17) is 18.9 Å². The molecule has 9 nitrogen and oxygen atoms in total. The van der Waals surface area contributed by atoms with Crippen LogP contribution in [0.15, 0.2) is 60.8 Å². The molecule has 2 atom stereocenters. The summed E-state index contributed by atoms with van der Waals surface area (Å²) in [6, 6.07) is 0. The minimum absolute atomic E-state index is 0.184. The maximum absolute atomic E-state index is 12.9. The van der Waals surface area contributed by atoms with Gasteiger partial charge in [-0.15, -0.1) is 0 Å². The molecule has 2 unspecified atom stereocenters. The average molecular weight is 1140 g/mol. The Hall–Kier alpha value is -3.01. The second kappa shape index (κ2) is 63.0. The standard InChI is InChI=1S/C72H131NO8/c1-6-8-10-12-14-16-18-20-22-23-24-25-26-27-28-29-30-31-32-33-34-35-36-37-38-39-40-41-42-43-44-45-46-47-49-50-52-54-56-58-60-62-69(74)79-66-68(67-80-72(71(76)77)78-65-64-73(3,4)5)81-70(75)63-61-59-57-55-53-51-48-21-19-17-15-13-11-9-7-2/h9,11,15,17-18,20-21,23-24,48,68,72H,6-8,10,12-14,16,19,22,25-47,49-67H2,1-5H3/p+1/b11-9-,17-15-,20-18-,24-23-,48-21-. The SMILES string of the molecule is CC/C=C\C/C=C\C/C=C\CCCCCCCC(=O)OC(COC(=O)CCCCCCCCCCCCCCCCCCCCCCCCCCCCCCC/C=C\C/C=C\CCCCCCC)COC(OCC[N+](C)(C)C)C(=O)O. The van der Waals surface area contributed by atoms with Gasteiger partial charge in [-0.25, -0.2) is 4.79 Å². The smallest absolute Gasteiger partial charge is 0.361 e. The predicted molar refractivity (Wildman–Crippen MR) is 346 cm³/mol. The van der Waals surface area contributed by atoms with Crippen LogP contribution < -0.4 is 0 Å². The number of likely N-dealkylation sites (N-methyl/N-ethyl adjacent to an activating group) is 1. The van der Waals surface area contributed by atoms with E-state index in [1.54, 1.807) is 0 Å². The summed E-state index contributed by atoms with van der Waals surface area (Å²) >= 11 is 0. The molecule has 0 aromatic rings. The van der Waals surface area contributed by atoms with E-state index in [0.717, 1.165) is 77.0 Å². The lowest BCUT2D eigenvalue weighted by Crippen LogP contribution is -2.40. The van der Waals surface area contributed by atoms with E-state index < -0.39 is 24.3 Å². The van der Waals surface area contributed by atoms with Gasteiger partial charge in [-0.1, -0.05) is 293 Å². The number of carboxylic acids is 1. The van der Waals surface area contributed by atoms with Gasteiger partial charge in [0.05, 0.1) is 34.4 Å². The number of ether oxygens (including phenoxy) is 4. The monoisotopic (exact) mass is 1140 g/mol. The van der Waals surface area contributed by atoms with Gasteiger partial charge in [0.25, 0.3) is 6.29 Å². The van der Waals surface area contributed by atoms with Crippen LogP contribution in [0.2, 0.25) is 0 Å². The van der Waals surface area contributed by atoms with Crippen molar-refractivity contribution in [2.75, 3.05) is 47.5 Å². The molecule has 9 heteroatoms. The van der Waals surface area contributed by atoms with Crippen LogP contribution in [-0.2, 0) is 33.3 Å². The molecule has 0 rings (SSSR count). The van der Waals surface area contributed by atoms with Crippen molar-refractivity contribution in [3.63, 3.8) is 0 Å². The second-order valence-corrected chi connectivity index (χ2v) is 24.5. The van der Waals surface area contributed by atoms with Crippen LogP contribution >= 0.6 is 0 Å². The zero-order valence-electron chi connectivity index (χ0n) is 53.9. The molecular weight excluding hydrogens is 1010 g/mol. The molecule has 0 aliphatic heterocycles. The molecule has 0 spiro atoms. The third-order valence-electron chi connectivity index (χ3n) is 15.3. The zero-order valence-corrected chi connectivity index (χ0v) is 53.9. The van der Waals surface area contributed by atoms with Gasteiger partial charge in [0, 0.05) is 12.8 Å². The van der Waals surface area contributed by atoms with E-state index in [-0.39, 0.29) is 32.2 Å². The first-order valence-corrected chi connectivity index (χ1v) is 34.5. The van der Waals surface area contributed by atoms with Crippen molar-refractivity contribution in [1.29, 1.82) is 0 Å². The fraction of sp³-hybridized carbons (Fsp3) is 0.819. The van der Waals surface area contributed by atoms with Gasteiger partial charge in [0.1, 0.15) is 13.2 Å². The number of unbranched alkanes of at least 4 members (excludes halogenated alkanes) is 39. The Morgan fingerprint density at radius 1 is 0.383 bits per heavy atom. The van der Waals surface area contributed by atoms with Gasteiger partial charge < -0.3 is 28.5 Å². The molecule has 472 valence electrons. The van der Waals surface area contributed by atoms with Crippen LogP contribution in [-0.4, -0.2) is 87.4 Å². The summed E-state index contributed by atoms with van der Waals surface area (Å²) in [5.74, 6) is -2.02. The third-order valence-corrected chi connectivity index (χ3v) is 15.3. The lowest BCUT2D eigenvalue weighted by Gasteiger charge is -2.25. The van der Waals surface area contributed by atoms with Gasteiger partial charge in [-0.2, -0.15) is 0 Å². The molecule has 0 fully saturated rings. The lowest BCUT2D eigenvalue weighted by atomic mass is 10.0. The molecule has 0 heterocycles. The Balaban J connectivity index is 3.89. The lowest BCUT2D eigenvalue weighted by molar-refractivity contribution is -0.870. The molecule has 0 aliphatic rings. The summed E-state index contributed by atoms with van der Waals surface area (Å²) in [6.07, 6.45) is 79.4. The Morgan fingerprint density at radius 2 is 0.704 bits per heavy atom. The minimum atomic E-state index is -1.52. The number of quaternary nitrogens is 1. The number of carbonyl (C=O) groups excluding carboxylic acids is 2. The third kappa shape index (κ3) is 64.4. The van der Waals surface area contributed by atoms with Gasteiger partial charge in [0.15, 0.2) is 6.10 Å². The highest BCUT2D eigenvalue weighted by atomic mass is 16.7. The molecular formula is C72H132NO8+. The van der Waals surface area contributed by atoms with Crippen LogP contribution in [0.3, 0.4) is 0 Å². The number of nitrogens with zero attached hydrogens (tertiary/aromatic N) is 1. The molecule has 0 aromatic heterocycles. The van der Waals surface area contributed by atoms with Crippen LogP contribution in [0.5, 0.6) is 0 Å². The van der Waals surface area contributed by atoms with Gasteiger partial charge in [-0.3, -0.25) is 9.59 Å². The molecule has 0 saturated carbocycles. The van der Waals surface area contributed by atoms with E-state index in [9.17, 15) is 19.5 Å². The van der Waals surface area contributed by atoms with Gasteiger partial charge in [0.2, 0.25) is 0 Å². The topological polar surface area (TPSA) is 108 Å². The predicted octanol–water partition coefficient (Wildman–Crippen LogP) is 21.1. The van der Waals surface area contributed by atoms with Crippen molar-refractivity contribution in [2.45, 2.75) is 334 Å². The quantitative estimate of drug-likeness (QED) is 0.0211. The average Bonchev–Trinajstić information content (AvgIpc) is 3.44. The molecule has 1 N–H and O–H groups in total. The number of rotatable bonds is 64. The van der Waals surface area contributed by atoms with Crippen LogP contribution in [0.1, 0.15) is 322 Å². The first-order chi connectivity index (χ1) is 39.6. The maximum Gasteiger partial charge on any atom is 0.361 e. The minimum Gasteiger partial charge on any atom is -0.477 e. The molecule has 0 bridgehead atoms. The number of allylic oxidation sites excluding steroid dienone is 10. The summed E-state index contributed by atoms with van der Waals surface area (Å²) in [5.41, 5.74) is 0. The normalized spacial score (nSPS) is 13.0. The van der Waals surface area contributed by atoms with E-state index in [2.05, 4.69) is 74.6 Å². The van der Waals surface area contributed by atoms with E-state index in [1.165, 1.54) is 212 Å². The van der Waals surface area contributed by atoms with E-state index in [1.807, 2.05) is 21.1 Å². The van der Waals surface area contributed by atoms with Crippen LogP contribution in [0.4, 0.5) is 0 Å². The van der Waals surface area contributed by atoms with Crippen molar-refractivity contribution >= 4 is 17.9 Å². The highest BCUT2D eigenvalue weighted by molar-refractivity contribution is 5.71. The van der Waals surface area contributed by atoms with Crippen molar-refractivity contribution in [1.82, 2.24) is 0 Å². The number of carbonyl (C=O) groups is 3. The van der Waals surface area contributed by atoms with Gasteiger partial charge in [-0.05, 0) is 77.0 Å². The molecule has 0 radical (unpaired) electrons.